The molecule has 0 aliphatic carbocycles. The van der Waals surface area contributed by atoms with Crippen molar-refractivity contribution in [2.75, 3.05) is 0 Å². The summed E-state index contributed by atoms with van der Waals surface area (Å²) in [5.74, 6) is 1.45. The summed E-state index contributed by atoms with van der Waals surface area (Å²) in [7, 11) is 0. The fourth-order valence-electron chi connectivity index (χ4n) is 4.09. The van der Waals surface area contributed by atoms with Crippen LogP contribution in [0.25, 0.3) is 44.7 Å². The highest BCUT2D eigenvalue weighted by Gasteiger charge is 2.17. The molecule has 33 heavy (non-hydrogen) atoms. The number of aromatic nitrogens is 4. The highest BCUT2D eigenvalue weighted by atomic mass is 32.1. The van der Waals surface area contributed by atoms with Crippen molar-refractivity contribution in [3.8, 4) is 33.6 Å². The van der Waals surface area contributed by atoms with Crippen molar-refractivity contribution in [3.05, 3.63) is 76.4 Å². The van der Waals surface area contributed by atoms with Gasteiger partial charge in [-0.1, -0.05) is 55.5 Å². The predicted molar refractivity (Wildman–Crippen MR) is 136 cm³/mol. The van der Waals surface area contributed by atoms with Crippen LogP contribution in [0.15, 0.2) is 59.1 Å². The van der Waals surface area contributed by atoms with Crippen molar-refractivity contribution < 1.29 is 9.63 Å². The van der Waals surface area contributed by atoms with Crippen LogP contribution in [-0.4, -0.2) is 30.3 Å². The van der Waals surface area contributed by atoms with Gasteiger partial charge >= 0.3 is 4.84 Å². The van der Waals surface area contributed by atoms with Crippen molar-refractivity contribution in [3.63, 3.8) is 0 Å². The summed E-state index contributed by atoms with van der Waals surface area (Å²) in [6.07, 6.45) is 0.769. The first-order valence-corrected chi connectivity index (χ1v) is 11.3. The third-order valence-corrected chi connectivity index (χ3v) is 6.16. The first kappa shape index (κ1) is 21.2. The van der Waals surface area contributed by atoms with Gasteiger partial charge < -0.3 is 14.6 Å². The number of aromatic amines is 2. The predicted octanol–water partition coefficient (Wildman–Crippen LogP) is 6.71. The number of hydrogen-bond acceptors (Lipinski definition) is 5. The minimum Gasteiger partial charge on any atom is -0.498 e. The van der Waals surface area contributed by atoms with Gasteiger partial charge in [-0.2, -0.15) is 4.98 Å². The van der Waals surface area contributed by atoms with Crippen LogP contribution < -0.4 is 0 Å². The fraction of sp³-hybridized carbons (Fsp3) is 0.120. The third-order valence-electron chi connectivity index (χ3n) is 5.77. The number of imidazole rings is 1. The summed E-state index contributed by atoms with van der Waals surface area (Å²) in [4.78, 5) is 12.4. The van der Waals surface area contributed by atoms with E-state index in [1.54, 1.807) is 0 Å². The summed E-state index contributed by atoms with van der Waals surface area (Å²) in [5, 5.41) is 12.8. The maximum absolute atomic E-state index is 10.2. The molecule has 0 amide bonds. The van der Waals surface area contributed by atoms with Crippen molar-refractivity contribution >= 4 is 40.5 Å². The number of hydrogen-bond donors (Lipinski definition) is 3. The second kappa shape index (κ2) is 8.38. The van der Waals surface area contributed by atoms with Crippen molar-refractivity contribution in [2.24, 2.45) is 0 Å². The highest BCUT2D eigenvalue weighted by molar-refractivity contribution is 7.80. The van der Waals surface area contributed by atoms with Crippen molar-refractivity contribution in [1.29, 1.82) is 0 Å². The molecule has 0 aliphatic rings. The lowest BCUT2D eigenvalue weighted by molar-refractivity contribution is 0.406. The molecule has 0 radical (unpaired) electrons. The Bertz CT molecular complexity index is 1560. The van der Waals surface area contributed by atoms with Crippen LogP contribution in [-0.2, 0) is 6.42 Å². The van der Waals surface area contributed by atoms with Gasteiger partial charge in [0.15, 0.2) is 10.9 Å². The van der Waals surface area contributed by atoms with E-state index in [-0.39, 0.29) is 9.89 Å². The van der Waals surface area contributed by atoms with Crippen LogP contribution in [0.3, 0.4) is 0 Å². The van der Waals surface area contributed by atoms with Crippen LogP contribution in [0.5, 0.6) is 0 Å². The second-order valence-electron chi connectivity index (χ2n) is 7.72. The zero-order valence-corrected chi connectivity index (χ0v) is 19.6. The van der Waals surface area contributed by atoms with E-state index in [2.05, 4.69) is 51.3 Å². The lowest BCUT2D eigenvalue weighted by atomic mass is 9.93. The van der Waals surface area contributed by atoms with Crippen molar-refractivity contribution in [2.45, 2.75) is 20.3 Å². The molecule has 3 N–H and O–H groups in total. The maximum Gasteiger partial charge on any atom is 0.314 e. The first-order chi connectivity index (χ1) is 16.0. The lowest BCUT2D eigenvalue weighted by Crippen LogP contribution is -1.99. The van der Waals surface area contributed by atoms with Gasteiger partial charge in [-0.05, 0) is 65.2 Å². The maximum atomic E-state index is 10.2. The number of H-pyrrole nitrogens is 2. The summed E-state index contributed by atoms with van der Waals surface area (Å²) >= 11 is 10.1. The van der Waals surface area contributed by atoms with Gasteiger partial charge in [-0.15, -0.1) is 0 Å². The summed E-state index contributed by atoms with van der Waals surface area (Å²) < 4.78 is 5.12. The van der Waals surface area contributed by atoms with E-state index >= 15 is 0 Å². The van der Waals surface area contributed by atoms with Crippen LogP contribution in [0.1, 0.15) is 23.9 Å². The van der Waals surface area contributed by atoms with E-state index in [0.29, 0.717) is 16.9 Å². The molecule has 2 heterocycles. The number of aliphatic hydroxyl groups is 1. The number of fused-ring (bicyclic) bond motifs is 1. The SMILES string of the molecule is CCc1nc2c(C(O)=S)cc(-c3ccc(-c4ccccc4-c4nc(=S)o[nH]4)cc3)c(C)c2[nH]1. The lowest BCUT2D eigenvalue weighted by Gasteiger charge is -2.12. The summed E-state index contributed by atoms with van der Waals surface area (Å²) in [5.41, 5.74) is 8.16. The molecule has 0 saturated heterocycles. The molecule has 3 aromatic carbocycles. The van der Waals surface area contributed by atoms with E-state index in [0.717, 1.165) is 51.1 Å². The number of nitrogens with zero attached hydrogens (tertiary/aromatic N) is 2. The van der Waals surface area contributed by atoms with E-state index < -0.39 is 0 Å². The number of thiocarbonyl (C=S) groups is 1. The number of aryl methyl sites for hydroxylation is 2. The molecule has 2 aromatic heterocycles. The van der Waals surface area contributed by atoms with Crippen LogP contribution in [0.4, 0.5) is 0 Å². The Morgan fingerprint density at radius 3 is 2.27 bits per heavy atom. The smallest absolute Gasteiger partial charge is 0.314 e. The number of nitrogens with one attached hydrogen (secondary N) is 2. The minimum atomic E-state index is -0.161. The molecule has 6 nitrogen and oxygen atoms in total. The molecule has 164 valence electrons. The van der Waals surface area contributed by atoms with E-state index in [4.69, 9.17) is 29.0 Å². The van der Waals surface area contributed by atoms with Gasteiger partial charge in [-0.25, -0.2) is 10.1 Å². The van der Waals surface area contributed by atoms with Crippen LogP contribution in [0.2, 0.25) is 0 Å². The molecule has 0 saturated carbocycles. The Morgan fingerprint density at radius 1 is 1.00 bits per heavy atom. The third kappa shape index (κ3) is 3.77. The average molecular weight is 473 g/mol. The van der Waals surface area contributed by atoms with Crippen molar-refractivity contribution in [1.82, 2.24) is 20.1 Å². The van der Waals surface area contributed by atoms with Gasteiger partial charge in [0.1, 0.15) is 11.3 Å². The van der Waals surface area contributed by atoms with Crippen LogP contribution >= 0.6 is 24.4 Å². The molecule has 0 unspecified atom stereocenters. The molecule has 8 heteroatoms. The fourth-order valence-corrected chi connectivity index (χ4v) is 4.38. The highest BCUT2D eigenvalue weighted by Crippen LogP contribution is 2.35. The number of aliphatic hydroxyl groups excluding tert-OH is 1. The van der Waals surface area contributed by atoms with Crippen LogP contribution in [0, 0.1) is 11.8 Å². The Kier molecular flexibility index (Phi) is 5.39. The quantitative estimate of drug-likeness (QED) is 0.246. The monoisotopic (exact) mass is 472 g/mol. The Morgan fingerprint density at radius 2 is 1.67 bits per heavy atom. The average Bonchev–Trinajstić information content (AvgIpc) is 3.46. The van der Waals surface area contributed by atoms with E-state index in [1.807, 2.05) is 37.3 Å². The summed E-state index contributed by atoms with van der Waals surface area (Å²) in [6.45, 7) is 4.09. The zero-order chi connectivity index (χ0) is 23.1. The number of benzene rings is 3. The normalized spacial score (nSPS) is 11.2. The minimum absolute atomic E-state index is 0.161. The topological polar surface area (TPSA) is 90.7 Å². The van der Waals surface area contributed by atoms with Gasteiger partial charge in [0.25, 0.3) is 0 Å². The zero-order valence-electron chi connectivity index (χ0n) is 18.0. The molecular formula is C25H20N4O2S2. The molecule has 0 bridgehead atoms. The second-order valence-corrected chi connectivity index (χ2v) is 8.45. The molecule has 5 aromatic rings. The molecule has 0 fully saturated rings. The van der Waals surface area contributed by atoms with Gasteiger partial charge in [0.2, 0.25) is 0 Å². The Labute approximate surface area is 200 Å². The number of rotatable bonds is 5. The largest absolute Gasteiger partial charge is 0.498 e. The van der Waals surface area contributed by atoms with E-state index in [1.165, 1.54) is 0 Å². The van der Waals surface area contributed by atoms with Gasteiger partial charge in [0, 0.05) is 12.0 Å². The summed E-state index contributed by atoms with van der Waals surface area (Å²) in [6, 6.07) is 18.1. The Balaban J connectivity index is 1.61. The first-order valence-electron chi connectivity index (χ1n) is 10.5. The standard InChI is InChI=1S/C25H20N4O2S2/c1-3-20-26-21-13(2)18(12-19(24(30)32)22(21)27-20)15-10-8-14(9-11-15)16-6-4-5-7-17(16)23-28-25(33)31-29-23/h4-12H,3H2,1-2H3,(H,26,27)(H,30,32)(H,28,29,33). The molecule has 5 rings (SSSR count). The molecule has 0 spiro atoms. The molecule has 0 aliphatic heterocycles. The van der Waals surface area contributed by atoms with E-state index in [9.17, 15) is 5.11 Å². The molecular weight excluding hydrogens is 452 g/mol. The van der Waals surface area contributed by atoms with Gasteiger partial charge in [0.05, 0.1) is 11.1 Å². The van der Waals surface area contributed by atoms with Gasteiger partial charge in [-0.3, -0.25) is 0 Å². The molecule has 0 atom stereocenters. The Hall–Kier alpha value is -3.62.